The van der Waals surface area contributed by atoms with E-state index in [4.69, 9.17) is 9.88 Å². The quantitative estimate of drug-likeness (QED) is 0.818. The van der Waals surface area contributed by atoms with Crippen LogP contribution in [-0.4, -0.2) is 42.7 Å². The molecule has 1 aliphatic heterocycles. The van der Waals surface area contributed by atoms with E-state index >= 15 is 0 Å². The zero-order valence-electron chi connectivity index (χ0n) is 13.6. The molecule has 3 rings (SSSR count). The van der Waals surface area contributed by atoms with Crippen molar-refractivity contribution in [1.82, 2.24) is 4.90 Å². The van der Waals surface area contributed by atoms with Crippen LogP contribution in [0.4, 0.5) is 0 Å². The van der Waals surface area contributed by atoms with Crippen molar-refractivity contribution in [2.75, 3.05) is 13.1 Å². The average molecular weight is 364 g/mol. The number of nitrogens with zero attached hydrogens (tertiary/aromatic N) is 1. The molecule has 25 heavy (non-hydrogen) atoms. The van der Waals surface area contributed by atoms with Gasteiger partial charge in [-0.1, -0.05) is 18.2 Å². The number of likely N-dealkylation sites (tertiary alicyclic amines) is 1. The lowest BCUT2D eigenvalue weighted by molar-refractivity contribution is -0.132. The summed E-state index contributed by atoms with van der Waals surface area (Å²) in [6, 6.07) is 8.80. The molecule has 1 unspecified atom stereocenters. The number of hydrogen-bond donors (Lipinski definition) is 2. The normalized spacial score (nSPS) is 21.2. The summed E-state index contributed by atoms with van der Waals surface area (Å²) in [4.78, 5) is 13.4. The molecule has 1 fully saturated rings. The highest BCUT2D eigenvalue weighted by molar-refractivity contribution is 7.90. The number of rotatable bonds is 5. The van der Waals surface area contributed by atoms with E-state index in [9.17, 15) is 18.3 Å². The molecule has 1 aliphatic carbocycles. The second-order valence-electron chi connectivity index (χ2n) is 6.12. The highest BCUT2D eigenvalue weighted by Crippen LogP contribution is 2.33. The fraction of sp³-hybridized carbons (Fsp3) is 0.353. The van der Waals surface area contributed by atoms with Crippen LogP contribution in [0.5, 0.6) is 5.75 Å². The number of sulfonamides is 1. The number of carboxylic acid groups (broad SMARTS) is 1. The van der Waals surface area contributed by atoms with Gasteiger partial charge in [0.2, 0.25) is 10.0 Å². The van der Waals surface area contributed by atoms with Crippen molar-refractivity contribution in [2.45, 2.75) is 24.5 Å². The molecular formula is C17H20N2O5S. The van der Waals surface area contributed by atoms with Crippen LogP contribution in [0, 0.1) is 0 Å². The third-order valence-corrected chi connectivity index (χ3v) is 5.52. The lowest BCUT2D eigenvalue weighted by Gasteiger charge is -2.30. The highest BCUT2D eigenvalue weighted by atomic mass is 32.2. The number of carboxylic acids is 1. The van der Waals surface area contributed by atoms with Crippen LogP contribution in [0.2, 0.25) is 0 Å². The molecule has 1 aromatic rings. The minimum absolute atomic E-state index is 0.0151. The first-order chi connectivity index (χ1) is 11.9. The van der Waals surface area contributed by atoms with E-state index in [0.29, 0.717) is 11.4 Å². The molecule has 0 spiro atoms. The van der Waals surface area contributed by atoms with E-state index in [1.54, 1.807) is 24.3 Å². The van der Waals surface area contributed by atoms with Gasteiger partial charge in [0, 0.05) is 25.1 Å². The lowest BCUT2D eigenvalue weighted by Crippen LogP contribution is -2.38. The van der Waals surface area contributed by atoms with Crippen LogP contribution in [0.3, 0.4) is 0 Å². The SMILES string of the molecule is NS(=O)(=O)C1CC(C(=O)O)=CC(N2CCCC2)=C1Oc1ccccc1. The van der Waals surface area contributed by atoms with Crippen molar-refractivity contribution in [3.63, 3.8) is 0 Å². The maximum absolute atomic E-state index is 12.1. The van der Waals surface area contributed by atoms with Gasteiger partial charge in [-0.05, 0) is 31.1 Å². The number of hydrogen-bond acceptors (Lipinski definition) is 5. The lowest BCUT2D eigenvalue weighted by atomic mass is 10.00. The Hall–Kier alpha value is -2.32. The molecule has 3 N–H and O–H groups in total. The smallest absolute Gasteiger partial charge is 0.331 e. The van der Waals surface area contributed by atoms with Crippen molar-refractivity contribution in [3.8, 4) is 5.75 Å². The molecule has 1 aromatic carbocycles. The molecule has 0 aromatic heterocycles. The molecule has 2 aliphatic rings. The number of primary sulfonamides is 1. The molecule has 0 bridgehead atoms. The molecule has 0 amide bonds. The van der Waals surface area contributed by atoms with Crippen molar-refractivity contribution in [1.29, 1.82) is 0 Å². The number of allylic oxidation sites excluding steroid dienone is 1. The fourth-order valence-corrected chi connectivity index (χ4v) is 3.98. The Morgan fingerprint density at radius 1 is 1.20 bits per heavy atom. The first kappa shape index (κ1) is 17.5. The first-order valence-electron chi connectivity index (χ1n) is 8.04. The molecule has 0 radical (unpaired) electrons. The Kier molecular flexibility index (Phi) is 4.82. The summed E-state index contributed by atoms with van der Waals surface area (Å²) in [5.74, 6) is -0.472. The van der Waals surface area contributed by atoms with E-state index < -0.39 is 21.2 Å². The van der Waals surface area contributed by atoms with Gasteiger partial charge in [-0.2, -0.15) is 0 Å². The number of ether oxygens (including phenoxy) is 1. The monoisotopic (exact) mass is 364 g/mol. The Morgan fingerprint density at radius 2 is 1.84 bits per heavy atom. The standard InChI is InChI=1S/C17H20N2O5S/c18-25(22,23)15-11-12(17(20)21)10-14(19-8-4-5-9-19)16(15)24-13-6-2-1-3-7-13/h1-3,6-7,10,15H,4-5,8-9,11H2,(H,20,21)(H2,18,22,23). The Bertz CT molecular complexity index is 824. The summed E-state index contributed by atoms with van der Waals surface area (Å²) in [7, 11) is -4.04. The Labute approximate surface area is 146 Å². The summed E-state index contributed by atoms with van der Waals surface area (Å²) in [5.41, 5.74) is 0.505. The van der Waals surface area contributed by atoms with Gasteiger partial charge in [0.1, 0.15) is 16.8 Å². The van der Waals surface area contributed by atoms with Crippen molar-refractivity contribution >= 4 is 16.0 Å². The first-order valence-corrected chi connectivity index (χ1v) is 9.64. The number of benzene rings is 1. The molecule has 8 heteroatoms. The van der Waals surface area contributed by atoms with Gasteiger partial charge in [0.05, 0.1) is 5.70 Å². The van der Waals surface area contributed by atoms with Crippen LogP contribution in [0.1, 0.15) is 19.3 Å². The fourth-order valence-electron chi connectivity index (χ4n) is 3.11. The summed E-state index contributed by atoms with van der Waals surface area (Å²) in [5, 5.41) is 13.5. The van der Waals surface area contributed by atoms with Gasteiger partial charge >= 0.3 is 5.97 Å². The van der Waals surface area contributed by atoms with Gasteiger partial charge in [0.25, 0.3) is 0 Å². The summed E-state index contributed by atoms with van der Waals surface area (Å²) < 4.78 is 30.2. The Morgan fingerprint density at radius 3 is 2.40 bits per heavy atom. The molecular weight excluding hydrogens is 344 g/mol. The molecule has 134 valence electrons. The average Bonchev–Trinajstić information content (AvgIpc) is 3.09. The number of aliphatic carboxylic acids is 1. The minimum atomic E-state index is -4.04. The second-order valence-corrected chi connectivity index (χ2v) is 7.86. The van der Waals surface area contributed by atoms with Gasteiger partial charge < -0.3 is 14.7 Å². The second kappa shape index (κ2) is 6.89. The third kappa shape index (κ3) is 3.85. The summed E-state index contributed by atoms with van der Waals surface area (Å²) in [6.07, 6.45) is 3.21. The molecule has 1 saturated heterocycles. The van der Waals surface area contributed by atoms with Crippen LogP contribution in [-0.2, 0) is 14.8 Å². The zero-order chi connectivity index (χ0) is 18.0. The minimum Gasteiger partial charge on any atom is -0.478 e. The predicted molar refractivity (Wildman–Crippen MR) is 92.1 cm³/mol. The summed E-state index contributed by atoms with van der Waals surface area (Å²) in [6.45, 7) is 1.44. The Balaban J connectivity index is 2.12. The summed E-state index contributed by atoms with van der Waals surface area (Å²) >= 11 is 0. The maximum Gasteiger partial charge on any atom is 0.331 e. The van der Waals surface area contributed by atoms with Crippen LogP contribution in [0.25, 0.3) is 0 Å². The number of carbonyl (C=O) groups is 1. The largest absolute Gasteiger partial charge is 0.478 e. The van der Waals surface area contributed by atoms with Crippen molar-refractivity contribution in [2.24, 2.45) is 5.14 Å². The van der Waals surface area contributed by atoms with Gasteiger partial charge in [-0.15, -0.1) is 0 Å². The number of nitrogens with two attached hydrogens (primary N) is 1. The molecule has 1 heterocycles. The van der Waals surface area contributed by atoms with Crippen LogP contribution < -0.4 is 9.88 Å². The van der Waals surface area contributed by atoms with E-state index in [2.05, 4.69) is 0 Å². The van der Waals surface area contributed by atoms with E-state index in [-0.39, 0.29) is 17.8 Å². The van der Waals surface area contributed by atoms with Crippen molar-refractivity contribution < 1.29 is 23.1 Å². The molecule has 7 nitrogen and oxygen atoms in total. The zero-order valence-corrected chi connectivity index (χ0v) is 14.4. The van der Waals surface area contributed by atoms with Gasteiger partial charge in [0.15, 0.2) is 0 Å². The van der Waals surface area contributed by atoms with E-state index in [1.807, 2.05) is 11.0 Å². The van der Waals surface area contributed by atoms with Crippen LogP contribution in [0.15, 0.2) is 53.4 Å². The predicted octanol–water partition coefficient (Wildman–Crippen LogP) is 1.44. The van der Waals surface area contributed by atoms with Gasteiger partial charge in [-0.3, -0.25) is 0 Å². The third-order valence-electron chi connectivity index (χ3n) is 4.35. The highest BCUT2D eigenvalue weighted by Gasteiger charge is 2.38. The molecule has 0 saturated carbocycles. The topological polar surface area (TPSA) is 110 Å². The van der Waals surface area contributed by atoms with Gasteiger partial charge in [-0.25, -0.2) is 18.4 Å². The molecule has 1 atom stereocenters. The van der Waals surface area contributed by atoms with E-state index in [1.165, 1.54) is 6.08 Å². The van der Waals surface area contributed by atoms with E-state index in [0.717, 1.165) is 25.9 Å². The van der Waals surface area contributed by atoms with Crippen molar-refractivity contribution in [3.05, 3.63) is 53.4 Å². The maximum atomic E-state index is 12.1. The number of para-hydroxylation sites is 1. The van der Waals surface area contributed by atoms with Crippen LogP contribution >= 0.6 is 0 Å².